The Bertz CT molecular complexity index is 449. The molecule has 0 aliphatic heterocycles. The van der Waals surface area contributed by atoms with Gasteiger partial charge in [0.2, 0.25) is 0 Å². The van der Waals surface area contributed by atoms with Gasteiger partial charge in [-0.05, 0) is 6.42 Å². The van der Waals surface area contributed by atoms with Crippen LogP contribution in [0.15, 0.2) is 35.4 Å². The number of carbonyl (C=O) groups is 1. The Morgan fingerprint density at radius 3 is 2.26 bits per heavy atom. The minimum absolute atomic E-state index is 0.144. The van der Waals surface area contributed by atoms with Crippen molar-refractivity contribution < 1.29 is 4.79 Å². The highest BCUT2D eigenvalue weighted by Gasteiger charge is 2.19. The van der Waals surface area contributed by atoms with E-state index in [0.29, 0.717) is 6.42 Å². The van der Waals surface area contributed by atoms with Gasteiger partial charge in [0, 0.05) is 18.3 Å². The molecular weight excluding hydrogens is 252 g/mol. The van der Waals surface area contributed by atoms with Crippen molar-refractivity contribution in [3.63, 3.8) is 0 Å². The molecule has 0 spiro atoms. The van der Waals surface area contributed by atoms with Crippen LogP contribution < -0.4 is 0 Å². The van der Waals surface area contributed by atoms with Crippen molar-refractivity contribution in [2.24, 2.45) is 5.10 Å². The van der Waals surface area contributed by atoms with Crippen molar-refractivity contribution in [1.29, 1.82) is 0 Å². The number of ketones is 1. The van der Waals surface area contributed by atoms with E-state index in [9.17, 15) is 4.79 Å². The van der Waals surface area contributed by atoms with E-state index >= 15 is 0 Å². The number of nitrogens with zero attached hydrogens (tertiary/aromatic N) is 2. The van der Waals surface area contributed by atoms with Gasteiger partial charge in [-0.25, -0.2) is 0 Å². The van der Waals surface area contributed by atoms with Gasteiger partial charge in [-0.1, -0.05) is 56.9 Å². The van der Waals surface area contributed by atoms with Gasteiger partial charge in [-0.3, -0.25) is 4.79 Å². The number of carbonyl (C=O) groups excluding carboxylic acids is 1. The molecule has 0 atom stereocenters. The molecule has 0 aliphatic carbocycles. The number of benzene rings is 1. The lowest BCUT2D eigenvalue weighted by atomic mass is 10.0. The molecule has 0 bridgehead atoms. The van der Waals surface area contributed by atoms with Gasteiger partial charge in [0.15, 0.2) is 14.0 Å². The first kappa shape index (κ1) is 15.6. The summed E-state index contributed by atoms with van der Waals surface area (Å²) in [7, 11) is 0.573. The van der Waals surface area contributed by atoms with Crippen molar-refractivity contribution in [2.75, 3.05) is 7.05 Å². The van der Waals surface area contributed by atoms with E-state index in [2.05, 4.69) is 36.3 Å². The molecular formula is C15H24N2OSi. The molecule has 1 aromatic carbocycles. The van der Waals surface area contributed by atoms with Gasteiger partial charge >= 0.3 is 0 Å². The van der Waals surface area contributed by atoms with Crippen LogP contribution in [-0.4, -0.2) is 31.5 Å². The predicted octanol–water partition coefficient (Wildman–Crippen LogP) is 3.79. The first-order chi connectivity index (χ1) is 8.84. The first-order valence-corrected chi connectivity index (χ1v) is 10.2. The van der Waals surface area contributed by atoms with Crippen molar-refractivity contribution in [1.82, 2.24) is 4.67 Å². The highest BCUT2D eigenvalue weighted by molar-refractivity contribution is 6.73. The van der Waals surface area contributed by atoms with Crippen LogP contribution >= 0.6 is 0 Å². The molecule has 0 saturated carbocycles. The lowest BCUT2D eigenvalue weighted by Crippen LogP contribution is -2.40. The van der Waals surface area contributed by atoms with Crippen molar-refractivity contribution in [3.05, 3.63) is 35.9 Å². The molecule has 0 N–H and O–H groups in total. The third kappa shape index (κ3) is 4.99. The molecule has 0 radical (unpaired) electrons. The first-order valence-electron chi connectivity index (χ1n) is 6.73. The summed E-state index contributed by atoms with van der Waals surface area (Å²) < 4.78 is 2.06. The van der Waals surface area contributed by atoms with Gasteiger partial charge in [0.1, 0.15) is 0 Å². The maximum atomic E-state index is 12.2. The third-order valence-electron chi connectivity index (χ3n) is 3.13. The topological polar surface area (TPSA) is 32.7 Å². The fourth-order valence-electron chi connectivity index (χ4n) is 1.50. The van der Waals surface area contributed by atoms with E-state index in [1.54, 1.807) is 0 Å². The number of hydrazone groups is 1. The molecule has 4 heteroatoms. The number of Topliss-reactive ketones (excluding diaryl/α,β-unsaturated/α-hetero) is 1. The van der Waals surface area contributed by atoms with Crippen LogP contribution in [0.25, 0.3) is 0 Å². The van der Waals surface area contributed by atoms with E-state index in [-0.39, 0.29) is 5.78 Å². The summed E-state index contributed by atoms with van der Waals surface area (Å²) in [6, 6.07) is 9.43. The largest absolute Gasteiger partial charge is 0.328 e. The van der Waals surface area contributed by atoms with Crippen molar-refractivity contribution in [3.8, 4) is 0 Å². The molecule has 1 rings (SSSR count). The standard InChI is InChI=1S/C15H24N2OSi/c1-6-14(16-17(2)19(3,4)5)12-15(18)13-10-8-7-9-11-13/h7-11H,6,12H2,1-5H3. The lowest BCUT2D eigenvalue weighted by molar-refractivity contribution is 0.1000. The molecule has 0 amide bonds. The third-order valence-corrected chi connectivity index (χ3v) is 5.17. The van der Waals surface area contributed by atoms with Crippen LogP contribution in [0.2, 0.25) is 19.6 Å². The van der Waals surface area contributed by atoms with Crippen LogP contribution in [0.3, 0.4) is 0 Å². The highest BCUT2D eigenvalue weighted by Crippen LogP contribution is 2.10. The summed E-state index contributed by atoms with van der Waals surface area (Å²) >= 11 is 0. The molecule has 19 heavy (non-hydrogen) atoms. The van der Waals surface area contributed by atoms with E-state index in [4.69, 9.17) is 0 Å². The van der Waals surface area contributed by atoms with E-state index in [1.165, 1.54) is 0 Å². The second-order valence-corrected chi connectivity index (χ2v) is 10.7. The van der Waals surface area contributed by atoms with Gasteiger partial charge in [-0.15, -0.1) is 0 Å². The van der Waals surface area contributed by atoms with Gasteiger partial charge < -0.3 is 4.67 Å². The summed E-state index contributed by atoms with van der Waals surface area (Å²) in [5.41, 5.74) is 1.72. The molecule has 0 unspecified atom stereocenters. The van der Waals surface area contributed by atoms with Crippen molar-refractivity contribution >= 4 is 19.7 Å². The molecule has 3 nitrogen and oxygen atoms in total. The lowest BCUT2D eigenvalue weighted by Gasteiger charge is -2.28. The summed E-state index contributed by atoms with van der Waals surface area (Å²) in [5.74, 6) is 0.144. The Balaban J connectivity index is 2.78. The number of hydrogen-bond acceptors (Lipinski definition) is 3. The molecule has 0 aromatic heterocycles. The fourth-order valence-corrected chi connectivity index (χ4v) is 1.95. The van der Waals surface area contributed by atoms with E-state index in [1.807, 2.05) is 37.4 Å². The predicted molar refractivity (Wildman–Crippen MR) is 84.2 cm³/mol. The molecule has 0 fully saturated rings. The van der Waals surface area contributed by atoms with E-state index in [0.717, 1.165) is 17.7 Å². The fraction of sp³-hybridized carbons (Fsp3) is 0.467. The van der Waals surface area contributed by atoms with Crippen LogP contribution in [0.1, 0.15) is 30.1 Å². The minimum atomic E-state index is -1.44. The Morgan fingerprint density at radius 1 is 1.21 bits per heavy atom. The molecule has 0 aliphatic rings. The Labute approximate surface area is 117 Å². The monoisotopic (exact) mass is 276 g/mol. The second kappa shape index (κ2) is 6.66. The summed E-state index contributed by atoms with van der Waals surface area (Å²) in [5, 5.41) is 4.62. The average molecular weight is 276 g/mol. The highest BCUT2D eigenvalue weighted by atomic mass is 28.3. The minimum Gasteiger partial charge on any atom is -0.328 e. The van der Waals surface area contributed by atoms with Crippen LogP contribution in [0.4, 0.5) is 0 Å². The second-order valence-electron chi connectivity index (χ2n) is 5.68. The van der Waals surface area contributed by atoms with Gasteiger partial charge in [-0.2, -0.15) is 5.10 Å². The normalized spacial score (nSPS) is 12.4. The molecule has 104 valence electrons. The average Bonchev–Trinajstić information content (AvgIpc) is 2.37. The Kier molecular flexibility index (Phi) is 5.48. The van der Waals surface area contributed by atoms with Crippen molar-refractivity contribution in [2.45, 2.75) is 39.4 Å². The smallest absolute Gasteiger partial charge is 0.168 e. The molecule has 0 heterocycles. The zero-order valence-electron chi connectivity index (χ0n) is 12.6. The zero-order valence-corrected chi connectivity index (χ0v) is 13.6. The number of hydrogen-bond donors (Lipinski definition) is 0. The molecule has 1 aromatic rings. The molecule has 0 saturated heterocycles. The quantitative estimate of drug-likeness (QED) is 0.343. The Hall–Kier alpha value is -1.42. The maximum Gasteiger partial charge on any atom is 0.168 e. The maximum absolute atomic E-state index is 12.2. The Morgan fingerprint density at radius 2 is 1.79 bits per heavy atom. The zero-order chi connectivity index (χ0) is 14.5. The van der Waals surface area contributed by atoms with Crippen LogP contribution in [0.5, 0.6) is 0 Å². The van der Waals surface area contributed by atoms with Gasteiger partial charge in [0.05, 0.1) is 6.42 Å². The summed E-state index contributed by atoms with van der Waals surface area (Å²) in [4.78, 5) is 12.2. The van der Waals surface area contributed by atoms with E-state index < -0.39 is 8.24 Å². The van der Waals surface area contributed by atoms with Crippen LogP contribution in [-0.2, 0) is 0 Å². The SMILES string of the molecule is CCC(CC(=O)c1ccccc1)=NN(C)[Si](C)(C)C. The van der Waals surface area contributed by atoms with Gasteiger partial charge in [0.25, 0.3) is 0 Å². The summed E-state index contributed by atoms with van der Waals surface area (Å²) in [6.07, 6.45) is 1.22. The number of rotatable bonds is 6. The van der Waals surface area contributed by atoms with Crippen LogP contribution in [0, 0.1) is 0 Å². The summed E-state index contributed by atoms with van der Waals surface area (Å²) in [6.45, 7) is 8.77.